The van der Waals surface area contributed by atoms with Crippen LogP contribution in [0.25, 0.3) is 0 Å². The summed E-state index contributed by atoms with van der Waals surface area (Å²) in [7, 11) is 0. The molecule has 2 N–H and O–H groups in total. The van der Waals surface area contributed by atoms with Crippen LogP contribution in [0.5, 0.6) is 0 Å². The van der Waals surface area contributed by atoms with Crippen molar-refractivity contribution in [1.29, 1.82) is 0 Å². The molecule has 2 atom stereocenters. The molecule has 7 heteroatoms. The van der Waals surface area contributed by atoms with Crippen molar-refractivity contribution in [3.05, 3.63) is 34.3 Å². The summed E-state index contributed by atoms with van der Waals surface area (Å²) < 4.78 is 1.50. The van der Waals surface area contributed by atoms with E-state index in [0.29, 0.717) is 12.3 Å². The molecule has 25 heavy (non-hydrogen) atoms. The Kier molecular flexibility index (Phi) is 5.63. The molecule has 2 aromatic heterocycles. The van der Waals surface area contributed by atoms with E-state index in [1.54, 1.807) is 13.1 Å². The smallest absolute Gasteiger partial charge is 0.242 e. The zero-order valence-corrected chi connectivity index (χ0v) is 15.2. The largest absolute Gasteiger partial charge is 0.368 e. The number of hydrogen-bond donors (Lipinski definition) is 1. The van der Waals surface area contributed by atoms with E-state index in [1.165, 1.54) is 35.3 Å². The van der Waals surface area contributed by atoms with Crippen molar-refractivity contribution in [2.24, 2.45) is 11.7 Å². The number of ketones is 1. The maximum absolute atomic E-state index is 12.7. The van der Waals surface area contributed by atoms with E-state index in [9.17, 15) is 9.59 Å². The van der Waals surface area contributed by atoms with E-state index in [1.807, 2.05) is 16.8 Å². The zero-order valence-electron chi connectivity index (χ0n) is 14.4. The lowest BCUT2D eigenvalue weighted by Crippen LogP contribution is -2.24. The first-order valence-electron chi connectivity index (χ1n) is 8.82. The topological polar surface area (TPSA) is 90.9 Å². The van der Waals surface area contributed by atoms with Crippen molar-refractivity contribution < 1.29 is 9.59 Å². The molecule has 1 fully saturated rings. The van der Waals surface area contributed by atoms with Gasteiger partial charge in [0.2, 0.25) is 5.91 Å². The Bertz CT molecular complexity index is 719. The Balaban J connectivity index is 1.83. The monoisotopic (exact) mass is 360 g/mol. The molecule has 1 aliphatic rings. The third-order valence-electron chi connectivity index (χ3n) is 5.18. The number of carbonyl (C=O) groups excluding carboxylic acids is 2. The molecular weight excluding hydrogens is 336 g/mol. The molecule has 0 saturated heterocycles. The summed E-state index contributed by atoms with van der Waals surface area (Å²) in [5.74, 6) is 0.182. The summed E-state index contributed by atoms with van der Waals surface area (Å²) in [6.07, 6.45) is 8.09. The standard InChI is InChI=1S/C18H24N4O2S/c1-12(18(19)24)22-10-16(20-21-22)15(13-5-3-2-4-6-13)9-17(23)14-7-8-25-11-14/h7-8,10-13,15H,2-6,9H2,1H3,(H2,19,24)/t12-,15+/m1/s1. The first-order valence-corrected chi connectivity index (χ1v) is 9.77. The molecule has 6 nitrogen and oxygen atoms in total. The lowest BCUT2D eigenvalue weighted by Gasteiger charge is -2.28. The van der Waals surface area contributed by atoms with Crippen LogP contribution in [0.4, 0.5) is 0 Å². The van der Waals surface area contributed by atoms with Crippen molar-refractivity contribution in [3.8, 4) is 0 Å². The average Bonchev–Trinajstić information content (AvgIpc) is 3.31. The fourth-order valence-electron chi connectivity index (χ4n) is 3.57. The van der Waals surface area contributed by atoms with Crippen LogP contribution in [0.3, 0.4) is 0 Å². The molecule has 2 aromatic rings. The van der Waals surface area contributed by atoms with Gasteiger partial charge in [-0.15, -0.1) is 5.10 Å². The van der Waals surface area contributed by atoms with Crippen LogP contribution in [-0.2, 0) is 4.79 Å². The van der Waals surface area contributed by atoms with Gasteiger partial charge in [-0.2, -0.15) is 11.3 Å². The highest BCUT2D eigenvalue weighted by atomic mass is 32.1. The number of nitrogens with two attached hydrogens (primary N) is 1. The van der Waals surface area contributed by atoms with Gasteiger partial charge in [-0.25, -0.2) is 4.68 Å². The first-order chi connectivity index (χ1) is 12.1. The lowest BCUT2D eigenvalue weighted by molar-refractivity contribution is -0.120. The Morgan fingerprint density at radius 2 is 2.12 bits per heavy atom. The number of rotatable bonds is 7. The van der Waals surface area contributed by atoms with Crippen LogP contribution >= 0.6 is 11.3 Å². The van der Waals surface area contributed by atoms with Crippen molar-refractivity contribution in [1.82, 2.24) is 15.0 Å². The SMILES string of the molecule is C[C@H](C(N)=O)n1cc([C@@H](CC(=O)c2ccsc2)C2CCCCC2)nn1. The van der Waals surface area contributed by atoms with E-state index in [4.69, 9.17) is 5.73 Å². The normalized spacial score (nSPS) is 18.0. The molecule has 1 amide bonds. The quantitative estimate of drug-likeness (QED) is 0.767. The van der Waals surface area contributed by atoms with Crippen LogP contribution in [0.15, 0.2) is 23.0 Å². The van der Waals surface area contributed by atoms with Crippen LogP contribution in [0, 0.1) is 5.92 Å². The zero-order chi connectivity index (χ0) is 17.8. The Labute approximate surface area is 151 Å². The molecular formula is C18H24N4O2S. The van der Waals surface area contributed by atoms with E-state index in [-0.39, 0.29) is 11.7 Å². The van der Waals surface area contributed by atoms with E-state index >= 15 is 0 Å². The highest BCUT2D eigenvalue weighted by Gasteiger charge is 2.30. The third kappa shape index (κ3) is 4.15. The van der Waals surface area contributed by atoms with Gasteiger partial charge in [-0.05, 0) is 37.1 Å². The van der Waals surface area contributed by atoms with Gasteiger partial charge in [0.05, 0.1) is 5.69 Å². The predicted octanol–water partition coefficient (Wildman–Crippen LogP) is 3.32. The van der Waals surface area contributed by atoms with Gasteiger partial charge < -0.3 is 5.73 Å². The Morgan fingerprint density at radius 3 is 2.76 bits per heavy atom. The second-order valence-electron chi connectivity index (χ2n) is 6.85. The second kappa shape index (κ2) is 7.91. The first kappa shape index (κ1) is 17.8. The summed E-state index contributed by atoms with van der Waals surface area (Å²) >= 11 is 1.53. The van der Waals surface area contributed by atoms with Gasteiger partial charge in [-0.1, -0.05) is 24.5 Å². The molecule has 1 saturated carbocycles. The highest BCUT2D eigenvalue weighted by molar-refractivity contribution is 7.08. The van der Waals surface area contributed by atoms with Gasteiger partial charge in [0.1, 0.15) is 6.04 Å². The number of hydrogen-bond acceptors (Lipinski definition) is 5. The highest BCUT2D eigenvalue weighted by Crippen LogP contribution is 2.38. The Hall–Kier alpha value is -2.02. The van der Waals surface area contributed by atoms with Crippen LogP contribution in [0.1, 0.15) is 73.5 Å². The van der Waals surface area contributed by atoms with Gasteiger partial charge in [-0.3, -0.25) is 9.59 Å². The minimum Gasteiger partial charge on any atom is -0.368 e. The number of primary amides is 1. The third-order valence-corrected chi connectivity index (χ3v) is 5.87. The van der Waals surface area contributed by atoms with Crippen LogP contribution < -0.4 is 5.73 Å². The Morgan fingerprint density at radius 1 is 1.36 bits per heavy atom. The van der Waals surface area contributed by atoms with Crippen molar-refractivity contribution in [3.63, 3.8) is 0 Å². The molecule has 0 aromatic carbocycles. The lowest BCUT2D eigenvalue weighted by atomic mass is 9.76. The fraction of sp³-hybridized carbons (Fsp3) is 0.556. The maximum atomic E-state index is 12.7. The summed E-state index contributed by atoms with van der Waals surface area (Å²) in [6.45, 7) is 1.70. The number of aromatic nitrogens is 3. The molecule has 134 valence electrons. The molecule has 2 heterocycles. The molecule has 0 radical (unpaired) electrons. The van der Waals surface area contributed by atoms with Gasteiger partial charge in [0.25, 0.3) is 0 Å². The van der Waals surface area contributed by atoms with Crippen LogP contribution in [0.2, 0.25) is 0 Å². The molecule has 0 aliphatic heterocycles. The number of amides is 1. The summed E-state index contributed by atoms with van der Waals surface area (Å²) in [6, 6.07) is 1.33. The van der Waals surface area contributed by atoms with E-state index < -0.39 is 11.9 Å². The summed E-state index contributed by atoms with van der Waals surface area (Å²) in [4.78, 5) is 24.1. The molecule has 1 aliphatic carbocycles. The molecule has 0 spiro atoms. The number of thiophene rings is 1. The second-order valence-corrected chi connectivity index (χ2v) is 7.63. The number of nitrogens with zero attached hydrogens (tertiary/aromatic N) is 3. The molecule has 0 unspecified atom stereocenters. The minimum atomic E-state index is -0.541. The van der Waals surface area contributed by atoms with Crippen LogP contribution in [-0.4, -0.2) is 26.7 Å². The van der Waals surface area contributed by atoms with E-state index in [0.717, 1.165) is 24.1 Å². The summed E-state index contributed by atoms with van der Waals surface area (Å²) in [5, 5.41) is 12.2. The molecule has 0 bridgehead atoms. The van der Waals surface area contributed by atoms with Crippen molar-refractivity contribution in [2.75, 3.05) is 0 Å². The summed E-state index contributed by atoms with van der Waals surface area (Å²) in [5.41, 5.74) is 6.92. The van der Waals surface area contributed by atoms with Gasteiger partial charge >= 0.3 is 0 Å². The number of carbonyl (C=O) groups is 2. The van der Waals surface area contributed by atoms with E-state index in [2.05, 4.69) is 10.3 Å². The van der Waals surface area contributed by atoms with Gasteiger partial charge in [0, 0.05) is 29.5 Å². The number of Topliss-reactive ketones (excluding diaryl/α,β-unsaturated/α-hetero) is 1. The minimum absolute atomic E-state index is 0.0431. The predicted molar refractivity (Wildman–Crippen MR) is 96.5 cm³/mol. The van der Waals surface area contributed by atoms with Crippen molar-refractivity contribution >= 4 is 23.0 Å². The average molecular weight is 360 g/mol. The van der Waals surface area contributed by atoms with Crippen molar-refractivity contribution in [2.45, 2.75) is 57.4 Å². The fourth-order valence-corrected chi connectivity index (χ4v) is 4.23. The van der Waals surface area contributed by atoms with Gasteiger partial charge in [0.15, 0.2) is 5.78 Å². The maximum Gasteiger partial charge on any atom is 0.242 e. The molecule has 3 rings (SSSR count).